The van der Waals surface area contributed by atoms with Crippen molar-refractivity contribution in [2.75, 3.05) is 42.9 Å². The molecule has 0 saturated carbocycles. The predicted molar refractivity (Wildman–Crippen MR) is 112 cm³/mol. The van der Waals surface area contributed by atoms with Crippen molar-refractivity contribution in [2.24, 2.45) is 0 Å². The van der Waals surface area contributed by atoms with E-state index in [-0.39, 0.29) is 5.91 Å². The first-order chi connectivity index (χ1) is 13.1. The van der Waals surface area contributed by atoms with Crippen molar-refractivity contribution in [1.82, 2.24) is 4.90 Å². The van der Waals surface area contributed by atoms with E-state index in [1.165, 1.54) is 23.2 Å². The van der Waals surface area contributed by atoms with E-state index in [4.69, 9.17) is 11.6 Å². The van der Waals surface area contributed by atoms with Gasteiger partial charge in [0.25, 0.3) is 0 Å². The van der Waals surface area contributed by atoms with Crippen LogP contribution in [0.4, 0.5) is 11.4 Å². The lowest BCUT2D eigenvalue weighted by molar-refractivity contribution is -0.114. The number of benzene rings is 2. The zero-order valence-electron chi connectivity index (χ0n) is 15.7. The third-order valence-electron chi connectivity index (χ3n) is 5.71. The van der Waals surface area contributed by atoms with Gasteiger partial charge in [-0.25, -0.2) is 0 Å². The number of carbonyl (C=O) groups is 1. The Labute approximate surface area is 166 Å². The van der Waals surface area contributed by atoms with Gasteiger partial charge in [0, 0.05) is 56.0 Å². The van der Waals surface area contributed by atoms with Crippen LogP contribution >= 0.6 is 11.6 Å². The molecule has 142 valence electrons. The molecule has 0 spiro atoms. The molecule has 1 atom stereocenters. The van der Waals surface area contributed by atoms with Gasteiger partial charge in [-0.1, -0.05) is 17.7 Å². The molecule has 5 heteroatoms. The van der Waals surface area contributed by atoms with Crippen LogP contribution in [0.1, 0.15) is 30.4 Å². The quantitative estimate of drug-likeness (QED) is 0.861. The van der Waals surface area contributed by atoms with Gasteiger partial charge < -0.3 is 10.2 Å². The second-order valence-corrected chi connectivity index (χ2v) is 8.03. The van der Waals surface area contributed by atoms with Crippen LogP contribution in [-0.4, -0.2) is 43.5 Å². The second-order valence-electron chi connectivity index (χ2n) is 7.59. The average Bonchev–Trinajstić information content (AvgIpc) is 3.05. The largest absolute Gasteiger partial charge is 0.369 e. The van der Waals surface area contributed by atoms with Crippen molar-refractivity contribution in [2.45, 2.75) is 25.7 Å². The molecular weight excluding hydrogens is 358 g/mol. The molecule has 1 amide bonds. The molecular formula is C22H26ClN3O. The lowest BCUT2D eigenvalue weighted by atomic mass is 9.99. The maximum Gasteiger partial charge on any atom is 0.221 e. The molecule has 27 heavy (non-hydrogen) atoms. The minimum atomic E-state index is -0.0113. The number of rotatable bonds is 4. The van der Waals surface area contributed by atoms with E-state index in [1.807, 2.05) is 18.2 Å². The van der Waals surface area contributed by atoms with Crippen LogP contribution in [0.3, 0.4) is 0 Å². The predicted octanol–water partition coefficient (Wildman–Crippen LogP) is 4.15. The summed E-state index contributed by atoms with van der Waals surface area (Å²) >= 11 is 6.00. The van der Waals surface area contributed by atoms with Crippen LogP contribution in [0, 0.1) is 0 Å². The summed E-state index contributed by atoms with van der Waals surface area (Å²) in [6.45, 7) is 6.93. The van der Waals surface area contributed by atoms with Crippen molar-refractivity contribution in [3.63, 3.8) is 0 Å². The summed E-state index contributed by atoms with van der Waals surface area (Å²) in [5, 5.41) is 3.71. The molecule has 2 aromatic rings. The molecule has 1 aliphatic carbocycles. The van der Waals surface area contributed by atoms with Gasteiger partial charge in [0.1, 0.15) is 0 Å². The maximum absolute atomic E-state index is 11.3. The fourth-order valence-corrected chi connectivity index (χ4v) is 4.44. The van der Waals surface area contributed by atoms with Gasteiger partial charge in [0.15, 0.2) is 0 Å². The number of nitrogens with zero attached hydrogens (tertiary/aromatic N) is 2. The standard InChI is InChI=1S/C22H26ClN3O/c1-16(27)24-20-7-4-17-2-3-18(22(17)14-20)15-25-10-12-26(13-11-25)21-8-5-19(23)6-9-21/h4-9,14,18H,2-3,10-13,15H2,1H3,(H,24,27). The molecule has 0 radical (unpaired) electrons. The van der Waals surface area contributed by atoms with E-state index in [1.54, 1.807) is 6.92 Å². The molecule has 2 aromatic carbocycles. The van der Waals surface area contributed by atoms with Crippen molar-refractivity contribution in [3.8, 4) is 0 Å². The van der Waals surface area contributed by atoms with Crippen LogP contribution in [0.2, 0.25) is 5.02 Å². The van der Waals surface area contributed by atoms with Gasteiger partial charge in [-0.15, -0.1) is 0 Å². The molecule has 1 N–H and O–H groups in total. The molecule has 1 saturated heterocycles. The van der Waals surface area contributed by atoms with Crippen LogP contribution in [-0.2, 0) is 11.2 Å². The normalized spacial score (nSPS) is 19.8. The molecule has 0 aromatic heterocycles. The molecule has 1 fully saturated rings. The Morgan fingerprint density at radius 2 is 1.85 bits per heavy atom. The highest BCUT2D eigenvalue weighted by molar-refractivity contribution is 6.30. The topological polar surface area (TPSA) is 35.6 Å². The van der Waals surface area contributed by atoms with E-state index in [2.05, 4.69) is 39.4 Å². The highest BCUT2D eigenvalue weighted by Crippen LogP contribution is 2.35. The van der Waals surface area contributed by atoms with Gasteiger partial charge in [0.05, 0.1) is 0 Å². The number of nitrogens with one attached hydrogen (secondary N) is 1. The van der Waals surface area contributed by atoms with Crippen LogP contribution in [0.15, 0.2) is 42.5 Å². The minimum absolute atomic E-state index is 0.0113. The van der Waals surface area contributed by atoms with Gasteiger partial charge in [-0.2, -0.15) is 0 Å². The summed E-state index contributed by atoms with van der Waals surface area (Å²) in [4.78, 5) is 16.4. The third-order valence-corrected chi connectivity index (χ3v) is 5.96. The van der Waals surface area contributed by atoms with Crippen LogP contribution < -0.4 is 10.2 Å². The second kappa shape index (κ2) is 7.91. The smallest absolute Gasteiger partial charge is 0.221 e. The molecule has 1 unspecified atom stereocenters. The Hall–Kier alpha value is -2.04. The first kappa shape index (κ1) is 18.3. The zero-order valence-corrected chi connectivity index (χ0v) is 16.5. The number of aryl methyl sites for hydroxylation is 1. The first-order valence-corrected chi connectivity index (χ1v) is 10.1. The molecule has 2 aliphatic rings. The fraction of sp³-hybridized carbons (Fsp3) is 0.409. The van der Waals surface area contributed by atoms with E-state index < -0.39 is 0 Å². The van der Waals surface area contributed by atoms with Crippen molar-refractivity contribution in [3.05, 3.63) is 58.6 Å². The highest BCUT2D eigenvalue weighted by atomic mass is 35.5. The lowest BCUT2D eigenvalue weighted by Crippen LogP contribution is -2.47. The number of carbonyl (C=O) groups excluding carboxylic acids is 1. The van der Waals surface area contributed by atoms with E-state index in [9.17, 15) is 4.79 Å². The first-order valence-electron chi connectivity index (χ1n) is 9.72. The molecule has 1 aliphatic heterocycles. The summed E-state index contributed by atoms with van der Waals surface area (Å²) in [5.41, 5.74) is 5.03. The van der Waals surface area contributed by atoms with Gasteiger partial charge in [0.2, 0.25) is 5.91 Å². The number of fused-ring (bicyclic) bond motifs is 1. The summed E-state index contributed by atoms with van der Waals surface area (Å²) in [5.74, 6) is 0.554. The minimum Gasteiger partial charge on any atom is -0.369 e. The number of hydrogen-bond acceptors (Lipinski definition) is 3. The van der Waals surface area contributed by atoms with Crippen molar-refractivity contribution in [1.29, 1.82) is 0 Å². The van der Waals surface area contributed by atoms with E-state index in [0.717, 1.165) is 49.9 Å². The number of piperazine rings is 1. The number of hydrogen-bond donors (Lipinski definition) is 1. The molecule has 4 nitrogen and oxygen atoms in total. The van der Waals surface area contributed by atoms with Crippen LogP contribution in [0.5, 0.6) is 0 Å². The Bertz CT molecular complexity index is 813. The molecule has 1 heterocycles. The number of anilines is 2. The van der Waals surface area contributed by atoms with Gasteiger partial charge >= 0.3 is 0 Å². The van der Waals surface area contributed by atoms with Gasteiger partial charge in [-0.05, 0) is 66.3 Å². The summed E-state index contributed by atoms with van der Waals surface area (Å²) in [7, 11) is 0. The molecule has 0 bridgehead atoms. The Morgan fingerprint density at radius 1 is 1.11 bits per heavy atom. The SMILES string of the molecule is CC(=O)Nc1ccc2c(c1)C(CN1CCN(c3ccc(Cl)cc3)CC1)CC2. The molecule has 4 rings (SSSR count). The zero-order chi connectivity index (χ0) is 18.8. The summed E-state index contributed by atoms with van der Waals surface area (Å²) in [6, 6.07) is 14.5. The van der Waals surface area contributed by atoms with Crippen molar-refractivity contribution < 1.29 is 4.79 Å². The van der Waals surface area contributed by atoms with Crippen LogP contribution in [0.25, 0.3) is 0 Å². The monoisotopic (exact) mass is 383 g/mol. The summed E-state index contributed by atoms with van der Waals surface area (Å²) < 4.78 is 0. The van der Waals surface area contributed by atoms with Crippen molar-refractivity contribution >= 4 is 28.9 Å². The Kier molecular flexibility index (Phi) is 5.37. The van der Waals surface area contributed by atoms with E-state index >= 15 is 0 Å². The third kappa shape index (κ3) is 4.28. The van der Waals surface area contributed by atoms with Gasteiger partial charge in [-0.3, -0.25) is 9.69 Å². The van der Waals surface area contributed by atoms with E-state index in [0.29, 0.717) is 5.92 Å². The Morgan fingerprint density at radius 3 is 2.56 bits per heavy atom. The summed E-state index contributed by atoms with van der Waals surface area (Å²) in [6.07, 6.45) is 2.35. The Balaban J connectivity index is 1.36. The average molecular weight is 384 g/mol. The number of halogens is 1. The maximum atomic E-state index is 11.3. The fourth-order valence-electron chi connectivity index (χ4n) is 4.31. The lowest BCUT2D eigenvalue weighted by Gasteiger charge is -2.37. The highest BCUT2D eigenvalue weighted by Gasteiger charge is 2.26. The number of amides is 1.